The van der Waals surface area contributed by atoms with Crippen LogP contribution in [-0.2, 0) is 0 Å². The molecular weight excluding hydrogens is 310 g/mol. The van der Waals surface area contributed by atoms with E-state index in [0.29, 0.717) is 16.0 Å². The van der Waals surface area contributed by atoms with Crippen molar-refractivity contribution in [2.45, 2.75) is 0 Å². The highest BCUT2D eigenvalue weighted by atomic mass is 79.9. The lowest BCUT2D eigenvalue weighted by Crippen LogP contribution is -2.01. The second-order valence-electron chi connectivity index (χ2n) is 3.18. The molecule has 0 saturated carbocycles. The molecule has 0 bridgehead atoms. The molecule has 0 saturated heterocycles. The average Bonchev–Trinajstić information content (AvgIpc) is 2.30. The van der Waals surface area contributed by atoms with E-state index in [2.05, 4.69) is 31.2 Å². The molecule has 0 aliphatic carbocycles. The Balaban J connectivity index is 2.38. The summed E-state index contributed by atoms with van der Waals surface area (Å²) < 4.78 is 13.8. The van der Waals surface area contributed by atoms with Crippen molar-refractivity contribution in [2.24, 2.45) is 0 Å². The number of nitrogens with two attached hydrogens (primary N) is 1. The number of benzene rings is 1. The average molecular weight is 318 g/mol. The number of hydrogen-bond acceptors (Lipinski definition) is 4. The molecule has 4 nitrogen and oxygen atoms in total. The molecule has 88 valence electrons. The van der Waals surface area contributed by atoms with E-state index in [1.54, 1.807) is 6.07 Å². The van der Waals surface area contributed by atoms with E-state index in [0.717, 1.165) is 0 Å². The number of nitrogens with one attached hydrogen (secondary N) is 1. The fraction of sp³-hybridized carbons (Fsp3) is 0. The zero-order valence-electron chi connectivity index (χ0n) is 8.42. The first kappa shape index (κ1) is 12.1. The van der Waals surface area contributed by atoms with E-state index in [-0.39, 0.29) is 16.7 Å². The van der Waals surface area contributed by atoms with Gasteiger partial charge in [0.1, 0.15) is 17.8 Å². The van der Waals surface area contributed by atoms with E-state index >= 15 is 0 Å². The Labute approximate surface area is 110 Å². The molecule has 2 aromatic rings. The van der Waals surface area contributed by atoms with Gasteiger partial charge in [0.15, 0.2) is 11.0 Å². The second kappa shape index (κ2) is 4.85. The molecular formula is C10H7BrClFN4. The summed E-state index contributed by atoms with van der Waals surface area (Å²) in [5.41, 5.74) is 6.41. The van der Waals surface area contributed by atoms with Crippen LogP contribution in [0.3, 0.4) is 0 Å². The molecule has 0 unspecified atom stereocenters. The molecule has 17 heavy (non-hydrogen) atoms. The van der Waals surface area contributed by atoms with Crippen LogP contribution in [0.2, 0.25) is 5.15 Å². The van der Waals surface area contributed by atoms with Crippen molar-refractivity contribution < 1.29 is 4.39 Å². The van der Waals surface area contributed by atoms with Crippen LogP contribution < -0.4 is 11.1 Å². The van der Waals surface area contributed by atoms with E-state index in [1.165, 1.54) is 18.5 Å². The largest absolute Gasteiger partial charge is 0.393 e. The summed E-state index contributed by atoms with van der Waals surface area (Å²) in [5, 5.41) is 3.02. The molecule has 1 aromatic carbocycles. The van der Waals surface area contributed by atoms with Crippen molar-refractivity contribution in [3.05, 3.63) is 40.0 Å². The van der Waals surface area contributed by atoms with Gasteiger partial charge in [-0.2, -0.15) is 0 Å². The quantitative estimate of drug-likeness (QED) is 0.834. The highest BCUT2D eigenvalue weighted by Crippen LogP contribution is 2.29. The molecule has 0 spiro atoms. The molecule has 7 heteroatoms. The number of nitrogens with zero attached hydrogens (tertiary/aromatic N) is 2. The summed E-state index contributed by atoms with van der Waals surface area (Å²) in [7, 11) is 0. The molecule has 0 aliphatic heterocycles. The monoisotopic (exact) mass is 316 g/mol. The van der Waals surface area contributed by atoms with Crippen LogP contribution in [-0.4, -0.2) is 9.97 Å². The van der Waals surface area contributed by atoms with Crippen LogP contribution in [0.4, 0.5) is 21.6 Å². The number of hydrogen-bond donors (Lipinski definition) is 2. The summed E-state index contributed by atoms with van der Waals surface area (Å²) in [6.45, 7) is 0. The van der Waals surface area contributed by atoms with Crippen molar-refractivity contribution in [2.75, 3.05) is 11.1 Å². The molecule has 1 heterocycles. The SMILES string of the molecule is Nc1c(Cl)ncnc1Nc1cc(F)ccc1Br. The predicted octanol–water partition coefficient (Wildman–Crippen LogP) is 3.36. The third-order valence-electron chi connectivity index (χ3n) is 2.02. The first-order chi connectivity index (χ1) is 8.08. The Morgan fingerprint density at radius 3 is 2.88 bits per heavy atom. The molecule has 0 atom stereocenters. The van der Waals surface area contributed by atoms with Crippen LogP contribution in [0, 0.1) is 5.82 Å². The predicted molar refractivity (Wildman–Crippen MR) is 68.8 cm³/mol. The fourth-order valence-corrected chi connectivity index (χ4v) is 1.67. The van der Waals surface area contributed by atoms with Gasteiger partial charge >= 0.3 is 0 Å². The van der Waals surface area contributed by atoms with Gasteiger partial charge in [0.05, 0.1) is 5.69 Å². The van der Waals surface area contributed by atoms with Crippen LogP contribution in [0.5, 0.6) is 0 Å². The lowest BCUT2D eigenvalue weighted by atomic mass is 10.3. The molecule has 0 fully saturated rings. The van der Waals surface area contributed by atoms with Crippen molar-refractivity contribution in [1.29, 1.82) is 0 Å². The van der Waals surface area contributed by atoms with Gasteiger partial charge in [-0.1, -0.05) is 11.6 Å². The third-order valence-corrected chi connectivity index (χ3v) is 3.01. The number of halogens is 3. The third kappa shape index (κ3) is 2.65. The highest BCUT2D eigenvalue weighted by Gasteiger charge is 2.08. The second-order valence-corrected chi connectivity index (χ2v) is 4.39. The topological polar surface area (TPSA) is 63.8 Å². The Bertz CT molecular complexity index is 564. The zero-order chi connectivity index (χ0) is 12.4. The Morgan fingerprint density at radius 2 is 2.12 bits per heavy atom. The van der Waals surface area contributed by atoms with E-state index in [9.17, 15) is 4.39 Å². The maximum atomic E-state index is 13.1. The molecule has 0 aliphatic rings. The molecule has 0 radical (unpaired) electrons. The van der Waals surface area contributed by atoms with Crippen LogP contribution in [0.15, 0.2) is 29.0 Å². The van der Waals surface area contributed by atoms with Gasteiger partial charge in [-0.3, -0.25) is 0 Å². The minimum atomic E-state index is -0.366. The van der Waals surface area contributed by atoms with Crippen molar-refractivity contribution in [3.63, 3.8) is 0 Å². The summed E-state index contributed by atoms with van der Waals surface area (Å²) in [6.07, 6.45) is 1.27. The summed E-state index contributed by atoms with van der Waals surface area (Å²) >= 11 is 9.03. The smallest absolute Gasteiger partial charge is 0.158 e. The maximum absolute atomic E-state index is 13.1. The van der Waals surface area contributed by atoms with E-state index in [1.807, 2.05) is 0 Å². The summed E-state index contributed by atoms with van der Waals surface area (Å²) in [5.74, 6) is -0.0364. The summed E-state index contributed by atoms with van der Waals surface area (Å²) in [6, 6.07) is 4.24. The highest BCUT2D eigenvalue weighted by molar-refractivity contribution is 9.10. The Hall–Kier alpha value is -1.40. The summed E-state index contributed by atoms with van der Waals surface area (Å²) in [4.78, 5) is 7.65. The minimum absolute atomic E-state index is 0.148. The van der Waals surface area contributed by atoms with Gasteiger partial charge < -0.3 is 11.1 Å². The van der Waals surface area contributed by atoms with Gasteiger partial charge in [-0.15, -0.1) is 0 Å². The standard InChI is InChI=1S/C10H7BrClFN4/c11-6-2-1-5(13)3-7(6)17-10-8(14)9(12)15-4-16-10/h1-4H,14H2,(H,15,16,17). The van der Waals surface area contributed by atoms with Crippen molar-refractivity contribution in [3.8, 4) is 0 Å². The number of aromatic nitrogens is 2. The van der Waals surface area contributed by atoms with Gasteiger partial charge in [0.25, 0.3) is 0 Å². The lowest BCUT2D eigenvalue weighted by molar-refractivity contribution is 0.628. The zero-order valence-corrected chi connectivity index (χ0v) is 10.8. The van der Waals surface area contributed by atoms with Gasteiger partial charge in [0, 0.05) is 4.47 Å². The molecule has 2 rings (SSSR count). The molecule has 0 amide bonds. The van der Waals surface area contributed by atoms with E-state index in [4.69, 9.17) is 17.3 Å². The number of rotatable bonds is 2. The fourth-order valence-electron chi connectivity index (χ4n) is 1.19. The number of anilines is 3. The molecule has 3 N–H and O–H groups in total. The van der Waals surface area contributed by atoms with Crippen molar-refractivity contribution >= 4 is 44.7 Å². The normalized spacial score (nSPS) is 10.3. The van der Waals surface area contributed by atoms with E-state index < -0.39 is 0 Å². The van der Waals surface area contributed by atoms with Gasteiger partial charge in [-0.05, 0) is 34.1 Å². The van der Waals surface area contributed by atoms with Crippen LogP contribution in [0.1, 0.15) is 0 Å². The molecule has 1 aromatic heterocycles. The maximum Gasteiger partial charge on any atom is 0.158 e. The number of nitrogen functional groups attached to an aromatic ring is 1. The van der Waals surface area contributed by atoms with Gasteiger partial charge in [-0.25, -0.2) is 14.4 Å². The first-order valence-electron chi connectivity index (χ1n) is 4.56. The van der Waals surface area contributed by atoms with Crippen LogP contribution in [0.25, 0.3) is 0 Å². The Kier molecular flexibility index (Phi) is 3.44. The minimum Gasteiger partial charge on any atom is -0.393 e. The first-order valence-corrected chi connectivity index (χ1v) is 5.73. The van der Waals surface area contributed by atoms with Gasteiger partial charge in [0.2, 0.25) is 0 Å². The lowest BCUT2D eigenvalue weighted by Gasteiger charge is -2.10. The van der Waals surface area contributed by atoms with Crippen molar-refractivity contribution in [1.82, 2.24) is 9.97 Å². The van der Waals surface area contributed by atoms with Crippen LogP contribution >= 0.6 is 27.5 Å². The Morgan fingerprint density at radius 1 is 1.35 bits per heavy atom.